The molecular formula is C19H21N3O2. The number of furan rings is 1. The second-order valence-corrected chi connectivity index (χ2v) is 6.57. The van der Waals surface area contributed by atoms with E-state index in [4.69, 9.17) is 4.42 Å². The number of fused-ring (bicyclic) bond motifs is 1. The van der Waals surface area contributed by atoms with E-state index in [0.717, 1.165) is 36.4 Å². The van der Waals surface area contributed by atoms with Gasteiger partial charge in [0, 0.05) is 43.8 Å². The van der Waals surface area contributed by atoms with E-state index in [9.17, 15) is 4.79 Å². The summed E-state index contributed by atoms with van der Waals surface area (Å²) >= 11 is 0. The molecule has 4 rings (SSSR count). The third-order valence-corrected chi connectivity index (χ3v) is 4.83. The standard InChI is InChI=1S/C19H21N3O2/c1-13-11-14-5-3-7-16(17(14)24-13)19(23)22-9-4-6-15(12-22)18-20-8-10-21(18)2/h3,5,7-8,10-11,15H,4,6,9,12H2,1-2H3. The van der Waals surface area contributed by atoms with Gasteiger partial charge in [0.1, 0.15) is 17.2 Å². The zero-order valence-electron chi connectivity index (χ0n) is 14.0. The minimum atomic E-state index is 0.0499. The molecular weight excluding hydrogens is 302 g/mol. The number of likely N-dealkylation sites (tertiary alicyclic amines) is 1. The first kappa shape index (κ1) is 15.0. The van der Waals surface area contributed by atoms with Crippen molar-refractivity contribution < 1.29 is 9.21 Å². The fraction of sp³-hybridized carbons (Fsp3) is 0.368. The number of carbonyl (C=O) groups excluding carboxylic acids is 1. The van der Waals surface area contributed by atoms with E-state index in [2.05, 4.69) is 9.55 Å². The molecule has 1 amide bonds. The normalized spacial score (nSPS) is 18.2. The number of aromatic nitrogens is 2. The number of aryl methyl sites for hydroxylation is 2. The average molecular weight is 323 g/mol. The second kappa shape index (κ2) is 5.82. The summed E-state index contributed by atoms with van der Waals surface area (Å²) in [6, 6.07) is 7.73. The van der Waals surface area contributed by atoms with Crippen LogP contribution in [-0.2, 0) is 7.05 Å². The van der Waals surface area contributed by atoms with Crippen molar-refractivity contribution in [3.05, 3.63) is 53.8 Å². The predicted octanol–water partition coefficient (Wildman–Crippen LogP) is 3.49. The van der Waals surface area contributed by atoms with Gasteiger partial charge in [-0.2, -0.15) is 0 Å². The lowest BCUT2D eigenvalue weighted by atomic mass is 9.96. The topological polar surface area (TPSA) is 51.3 Å². The van der Waals surface area contributed by atoms with Crippen molar-refractivity contribution in [3.8, 4) is 0 Å². The molecule has 2 aromatic heterocycles. The van der Waals surface area contributed by atoms with Crippen LogP contribution in [0.3, 0.4) is 0 Å². The lowest BCUT2D eigenvalue weighted by Gasteiger charge is -2.32. The highest BCUT2D eigenvalue weighted by Crippen LogP contribution is 2.29. The lowest BCUT2D eigenvalue weighted by molar-refractivity contribution is 0.0704. The number of piperidine rings is 1. The van der Waals surface area contributed by atoms with Crippen LogP contribution in [0.5, 0.6) is 0 Å². The summed E-state index contributed by atoms with van der Waals surface area (Å²) in [4.78, 5) is 19.5. The number of hydrogen-bond acceptors (Lipinski definition) is 3. The smallest absolute Gasteiger partial charge is 0.257 e. The first-order valence-electron chi connectivity index (χ1n) is 8.39. The Morgan fingerprint density at radius 1 is 1.38 bits per heavy atom. The van der Waals surface area contributed by atoms with Crippen molar-refractivity contribution in [2.45, 2.75) is 25.7 Å². The van der Waals surface area contributed by atoms with Crippen molar-refractivity contribution >= 4 is 16.9 Å². The molecule has 24 heavy (non-hydrogen) atoms. The molecule has 5 heteroatoms. The van der Waals surface area contributed by atoms with Crippen molar-refractivity contribution in [2.24, 2.45) is 7.05 Å². The highest BCUT2D eigenvalue weighted by atomic mass is 16.3. The molecule has 1 atom stereocenters. The van der Waals surface area contributed by atoms with Crippen LogP contribution in [0.15, 0.2) is 41.1 Å². The summed E-state index contributed by atoms with van der Waals surface area (Å²) in [5.74, 6) is 2.23. The quantitative estimate of drug-likeness (QED) is 0.725. The SMILES string of the molecule is Cc1cc2cccc(C(=O)N3CCCC(c4nccn4C)C3)c2o1. The first-order chi connectivity index (χ1) is 11.6. The van der Waals surface area contributed by atoms with Gasteiger partial charge in [-0.25, -0.2) is 4.98 Å². The third kappa shape index (κ3) is 2.50. The fourth-order valence-corrected chi connectivity index (χ4v) is 3.67. The zero-order chi connectivity index (χ0) is 16.7. The summed E-state index contributed by atoms with van der Waals surface area (Å²) in [6.45, 7) is 3.40. The molecule has 0 bridgehead atoms. The van der Waals surface area contributed by atoms with Gasteiger partial charge in [-0.1, -0.05) is 12.1 Å². The highest BCUT2D eigenvalue weighted by Gasteiger charge is 2.28. The van der Waals surface area contributed by atoms with Crippen molar-refractivity contribution in [2.75, 3.05) is 13.1 Å². The van der Waals surface area contributed by atoms with E-state index in [0.29, 0.717) is 23.6 Å². The summed E-state index contributed by atoms with van der Waals surface area (Å²) in [7, 11) is 2.01. The van der Waals surface area contributed by atoms with E-state index in [1.807, 2.05) is 55.5 Å². The predicted molar refractivity (Wildman–Crippen MR) is 92.0 cm³/mol. The Hall–Kier alpha value is -2.56. The molecule has 0 radical (unpaired) electrons. The molecule has 5 nitrogen and oxygen atoms in total. The van der Waals surface area contributed by atoms with E-state index >= 15 is 0 Å². The molecule has 1 fully saturated rings. The maximum atomic E-state index is 13.1. The molecule has 0 saturated carbocycles. The molecule has 0 spiro atoms. The molecule has 3 heterocycles. The molecule has 124 valence electrons. The van der Waals surface area contributed by atoms with Crippen LogP contribution in [0, 0.1) is 6.92 Å². The van der Waals surface area contributed by atoms with Gasteiger partial charge in [-0.3, -0.25) is 4.79 Å². The monoisotopic (exact) mass is 323 g/mol. The summed E-state index contributed by atoms with van der Waals surface area (Å²) in [6.07, 6.45) is 5.85. The van der Waals surface area contributed by atoms with Crippen LogP contribution in [0.1, 0.15) is 40.7 Å². The summed E-state index contributed by atoms with van der Waals surface area (Å²) < 4.78 is 7.82. The number of hydrogen-bond donors (Lipinski definition) is 0. The summed E-state index contributed by atoms with van der Waals surface area (Å²) in [5, 5.41) is 0.982. The van der Waals surface area contributed by atoms with Crippen LogP contribution < -0.4 is 0 Å². The Bertz CT molecular complexity index is 893. The molecule has 1 unspecified atom stereocenters. The maximum absolute atomic E-state index is 13.1. The summed E-state index contributed by atoms with van der Waals surface area (Å²) in [5.41, 5.74) is 1.35. The van der Waals surface area contributed by atoms with Crippen LogP contribution in [0.4, 0.5) is 0 Å². The number of rotatable bonds is 2. The van der Waals surface area contributed by atoms with E-state index in [1.165, 1.54) is 0 Å². The number of amides is 1. The molecule has 3 aromatic rings. The Morgan fingerprint density at radius 3 is 3.04 bits per heavy atom. The minimum Gasteiger partial charge on any atom is -0.461 e. The van der Waals surface area contributed by atoms with Gasteiger partial charge in [0.2, 0.25) is 0 Å². The van der Waals surface area contributed by atoms with Crippen molar-refractivity contribution in [1.29, 1.82) is 0 Å². The molecule has 1 saturated heterocycles. The number of benzene rings is 1. The van der Waals surface area contributed by atoms with Crippen LogP contribution in [-0.4, -0.2) is 33.4 Å². The second-order valence-electron chi connectivity index (χ2n) is 6.57. The lowest BCUT2D eigenvalue weighted by Crippen LogP contribution is -2.39. The minimum absolute atomic E-state index is 0.0499. The number of para-hydroxylation sites is 1. The third-order valence-electron chi connectivity index (χ3n) is 4.83. The maximum Gasteiger partial charge on any atom is 0.257 e. The Kier molecular flexibility index (Phi) is 3.63. The van der Waals surface area contributed by atoms with Gasteiger partial charge in [0.15, 0.2) is 0 Å². The number of imidazole rings is 1. The molecule has 1 aliphatic rings. The molecule has 0 aliphatic carbocycles. The zero-order valence-corrected chi connectivity index (χ0v) is 14.0. The van der Waals surface area contributed by atoms with Gasteiger partial charge < -0.3 is 13.9 Å². The largest absolute Gasteiger partial charge is 0.461 e. The van der Waals surface area contributed by atoms with Gasteiger partial charge in [-0.05, 0) is 31.9 Å². The van der Waals surface area contributed by atoms with Crippen LogP contribution >= 0.6 is 0 Å². The van der Waals surface area contributed by atoms with Crippen molar-refractivity contribution in [1.82, 2.24) is 14.5 Å². The van der Waals surface area contributed by atoms with E-state index in [1.54, 1.807) is 0 Å². The molecule has 1 aromatic carbocycles. The first-order valence-corrected chi connectivity index (χ1v) is 8.39. The Labute approximate surface area is 140 Å². The number of nitrogens with zero attached hydrogens (tertiary/aromatic N) is 3. The Morgan fingerprint density at radius 2 is 2.25 bits per heavy atom. The average Bonchev–Trinajstić information content (AvgIpc) is 3.18. The van der Waals surface area contributed by atoms with Crippen LogP contribution in [0.25, 0.3) is 11.0 Å². The highest BCUT2D eigenvalue weighted by molar-refractivity contribution is 6.05. The van der Waals surface area contributed by atoms with Crippen LogP contribution in [0.2, 0.25) is 0 Å². The van der Waals surface area contributed by atoms with E-state index < -0.39 is 0 Å². The van der Waals surface area contributed by atoms with Gasteiger partial charge >= 0.3 is 0 Å². The molecule has 1 aliphatic heterocycles. The number of carbonyl (C=O) groups is 1. The van der Waals surface area contributed by atoms with Gasteiger partial charge in [0.25, 0.3) is 5.91 Å². The fourth-order valence-electron chi connectivity index (χ4n) is 3.67. The van der Waals surface area contributed by atoms with Gasteiger partial charge in [0.05, 0.1) is 5.56 Å². The van der Waals surface area contributed by atoms with Gasteiger partial charge in [-0.15, -0.1) is 0 Å². The molecule has 0 N–H and O–H groups in total. The Balaban J connectivity index is 1.63. The van der Waals surface area contributed by atoms with Crippen molar-refractivity contribution in [3.63, 3.8) is 0 Å². The van der Waals surface area contributed by atoms with E-state index in [-0.39, 0.29) is 5.91 Å².